The zero-order valence-corrected chi connectivity index (χ0v) is 17.3. The highest BCUT2D eigenvalue weighted by atomic mass is 127. The summed E-state index contributed by atoms with van der Waals surface area (Å²) in [5.41, 5.74) is -0.513. The molecule has 1 unspecified atom stereocenters. The summed E-state index contributed by atoms with van der Waals surface area (Å²) in [6.45, 7) is 8.02. The topological polar surface area (TPSA) is 117 Å². The molecule has 11 heteroatoms. The maximum atomic E-state index is 12.1. The summed E-state index contributed by atoms with van der Waals surface area (Å²) in [5.74, 6) is 0.525. The van der Waals surface area contributed by atoms with Gasteiger partial charge in [-0.25, -0.2) is 18.4 Å². The SMILES string of the molecule is CC(C)(C)OC(=O)N1CCN2C(NCCS(N)(=O)=O)=NCC2C1.I. The maximum absolute atomic E-state index is 12.1. The molecule has 0 aromatic heterocycles. The summed E-state index contributed by atoms with van der Waals surface area (Å²) >= 11 is 0. The second-order valence-electron chi connectivity index (χ2n) is 6.73. The number of nitrogens with zero attached hydrogens (tertiary/aromatic N) is 3. The van der Waals surface area contributed by atoms with Crippen molar-refractivity contribution in [3.63, 3.8) is 0 Å². The first-order valence-corrected chi connectivity index (χ1v) is 9.30. The number of halogens is 1. The van der Waals surface area contributed by atoms with Gasteiger partial charge in [0, 0.05) is 26.2 Å². The molecule has 0 aliphatic carbocycles. The first kappa shape index (κ1) is 21.2. The summed E-state index contributed by atoms with van der Waals surface area (Å²) < 4.78 is 27.3. The number of sulfonamides is 1. The van der Waals surface area contributed by atoms with E-state index in [1.807, 2.05) is 20.8 Å². The minimum absolute atomic E-state index is 0. The minimum atomic E-state index is -3.49. The normalized spacial score (nSPS) is 20.8. The van der Waals surface area contributed by atoms with Crippen molar-refractivity contribution in [2.45, 2.75) is 32.4 Å². The Bertz CT molecular complexity index is 590. The van der Waals surface area contributed by atoms with Crippen LogP contribution < -0.4 is 10.5 Å². The van der Waals surface area contributed by atoms with E-state index in [2.05, 4.69) is 15.2 Å². The number of hydrogen-bond acceptors (Lipinski definition) is 7. The fourth-order valence-corrected chi connectivity index (χ4v) is 2.91. The molecule has 0 aromatic rings. The van der Waals surface area contributed by atoms with Crippen LogP contribution in [0.15, 0.2) is 4.99 Å². The van der Waals surface area contributed by atoms with Crippen LogP contribution in [0.25, 0.3) is 0 Å². The molecule has 0 spiro atoms. The highest BCUT2D eigenvalue weighted by molar-refractivity contribution is 14.0. The van der Waals surface area contributed by atoms with Gasteiger partial charge in [-0.3, -0.25) is 4.99 Å². The summed E-state index contributed by atoms with van der Waals surface area (Å²) in [7, 11) is -3.49. The number of aliphatic imine (C=N–C) groups is 1. The number of rotatable bonds is 3. The van der Waals surface area contributed by atoms with Gasteiger partial charge in [0.2, 0.25) is 10.0 Å². The van der Waals surface area contributed by atoms with E-state index in [1.165, 1.54) is 0 Å². The molecule has 1 fully saturated rings. The number of primary sulfonamides is 1. The van der Waals surface area contributed by atoms with Crippen LogP contribution in [0, 0.1) is 0 Å². The summed E-state index contributed by atoms with van der Waals surface area (Å²) in [6.07, 6.45) is -0.312. The van der Waals surface area contributed by atoms with E-state index in [-0.39, 0.29) is 48.4 Å². The van der Waals surface area contributed by atoms with E-state index in [0.717, 1.165) is 0 Å². The fourth-order valence-electron chi connectivity index (χ4n) is 2.53. The van der Waals surface area contributed by atoms with Gasteiger partial charge in [-0.1, -0.05) is 0 Å². The molecule has 1 amide bonds. The first-order valence-electron chi connectivity index (χ1n) is 7.58. The monoisotopic (exact) mass is 475 g/mol. The van der Waals surface area contributed by atoms with Crippen LogP contribution in [0.1, 0.15) is 20.8 Å². The van der Waals surface area contributed by atoms with Crippen molar-refractivity contribution >= 4 is 46.1 Å². The van der Waals surface area contributed by atoms with Gasteiger partial charge in [0.1, 0.15) is 5.60 Å². The molecular formula is C13H26IN5O4S. The van der Waals surface area contributed by atoms with Crippen molar-refractivity contribution in [2.24, 2.45) is 10.1 Å². The van der Waals surface area contributed by atoms with Crippen LogP contribution in [-0.4, -0.2) is 80.4 Å². The molecule has 140 valence electrons. The lowest BCUT2D eigenvalue weighted by molar-refractivity contribution is 0.0137. The second-order valence-corrected chi connectivity index (χ2v) is 8.47. The van der Waals surface area contributed by atoms with Gasteiger partial charge < -0.3 is 19.9 Å². The van der Waals surface area contributed by atoms with Gasteiger partial charge in [-0.15, -0.1) is 24.0 Å². The van der Waals surface area contributed by atoms with Gasteiger partial charge in [0.05, 0.1) is 18.3 Å². The summed E-state index contributed by atoms with van der Waals surface area (Å²) in [6, 6.07) is 0.0910. The Morgan fingerprint density at radius 2 is 2.08 bits per heavy atom. The Kier molecular flexibility index (Phi) is 7.11. The average molecular weight is 475 g/mol. The molecular weight excluding hydrogens is 449 g/mol. The smallest absolute Gasteiger partial charge is 0.410 e. The molecule has 0 aromatic carbocycles. The van der Waals surface area contributed by atoms with Crippen LogP contribution >= 0.6 is 24.0 Å². The number of ether oxygens (including phenoxy) is 1. The lowest BCUT2D eigenvalue weighted by atomic mass is 10.2. The van der Waals surface area contributed by atoms with Crippen molar-refractivity contribution in [3.05, 3.63) is 0 Å². The van der Waals surface area contributed by atoms with Crippen molar-refractivity contribution in [1.82, 2.24) is 15.1 Å². The number of carbonyl (C=O) groups excluding carboxylic acids is 1. The second kappa shape index (κ2) is 8.04. The van der Waals surface area contributed by atoms with E-state index in [0.29, 0.717) is 32.1 Å². The Labute approximate surface area is 160 Å². The van der Waals surface area contributed by atoms with Crippen LogP contribution in [0.2, 0.25) is 0 Å². The van der Waals surface area contributed by atoms with Gasteiger partial charge in [0.15, 0.2) is 5.96 Å². The molecule has 2 aliphatic heterocycles. The van der Waals surface area contributed by atoms with Gasteiger partial charge in [-0.2, -0.15) is 0 Å². The number of nitrogens with one attached hydrogen (secondary N) is 1. The molecule has 9 nitrogen and oxygen atoms in total. The van der Waals surface area contributed by atoms with Crippen LogP contribution in [0.5, 0.6) is 0 Å². The molecule has 3 N–H and O–H groups in total. The third-order valence-electron chi connectivity index (χ3n) is 3.53. The molecule has 0 saturated carbocycles. The zero-order valence-electron chi connectivity index (χ0n) is 14.2. The number of carbonyl (C=O) groups is 1. The standard InChI is InChI=1S/C13H25N5O4S.HI/c1-13(2,3)22-12(19)17-5-6-18-10(9-17)8-16-11(18)15-4-7-23(14,20)21;/h10H,4-9H2,1-3H3,(H,15,16)(H2,14,20,21);1H. The largest absolute Gasteiger partial charge is 0.444 e. The molecule has 2 heterocycles. The number of guanidine groups is 1. The number of hydrogen-bond donors (Lipinski definition) is 2. The quantitative estimate of drug-likeness (QED) is 0.545. The van der Waals surface area contributed by atoms with E-state index in [1.54, 1.807) is 4.90 Å². The molecule has 0 bridgehead atoms. The predicted octanol–water partition coefficient (Wildman–Crippen LogP) is -0.227. The molecule has 2 rings (SSSR count). The fraction of sp³-hybridized carbons (Fsp3) is 0.846. The molecule has 1 saturated heterocycles. The number of piperazine rings is 1. The first-order chi connectivity index (χ1) is 10.6. The van der Waals surface area contributed by atoms with Crippen molar-refractivity contribution in [1.29, 1.82) is 0 Å². The Hall–Kier alpha value is -0.820. The number of fused-ring (bicyclic) bond motifs is 1. The zero-order chi connectivity index (χ0) is 17.3. The molecule has 2 aliphatic rings. The van der Waals surface area contributed by atoms with Crippen LogP contribution in [0.4, 0.5) is 4.79 Å². The predicted molar refractivity (Wildman–Crippen MR) is 102 cm³/mol. The third kappa shape index (κ3) is 6.24. The molecule has 0 radical (unpaired) electrons. The van der Waals surface area contributed by atoms with Crippen LogP contribution in [-0.2, 0) is 14.8 Å². The Balaban J connectivity index is 0.00000288. The summed E-state index contributed by atoms with van der Waals surface area (Å²) in [4.78, 5) is 20.3. The minimum Gasteiger partial charge on any atom is -0.444 e. The molecule has 1 atom stereocenters. The average Bonchev–Trinajstić information content (AvgIpc) is 2.78. The van der Waals surface area contributed by atoms with Crippen LogP contribution in [0.3, 0.4) is 0 Å². The Morgan fingerprint density at radius 3 is 2.67 bits per heavy atom. The van der Waals surface area contributed by atoms with Crippen molar-refractivity contribution < 1.29 is 17.9 Å². The number of amides is 1. The van der Waals surface area contributed by atoms with Crippen molar-refractivity contribution in [2.75, 3.05) is 38.5 Å². The van der Waals surface area contributed by atoms with E-state index >= 15 is 0 Å². The third-order valence-corrected chi connectivity index (χ3v) is 4.30. The highest BCUT2D eigenvalue weighted by Gasteiger charge is 2.36. The lowest BCUT2D eigenvalue weighted by Crippen LogP contribution is -2.57. The summed E-state index contributed by atoms with van der Waals surface area (Å²) in [5, 5.41) is 7.98. The number of nitrogens with two attached hydrogens (primary N) is 1. The van der Waals surface area contributed by atoms with E-state index in [4.69, 9.17) is 9.88 Å². The molecule has 24 heavy (non-hydrogen) atoms. The Morgan fingerprint density at radius 1 is 1.42 bits per heavy atom. The van der Waals surface area contributed by atoms with Gasteiger partial charge >= 0.3 is 6.09 Å². The van der Waals surface area contributed by atoms with Gasteiger partial charge in [0.25, 0.3) is 0 Å². The van der Waals surface area contributed by atoms with Gasteiger partial charge in [-0.05, 0) is 20.8 Å². The highest BCUT2D eigenvalue weighted by Crippen LogP contribution is 2.18. The van der Waals surface area contributed by atoms with E-state index in [9.17, 15) is 13.2 Å². The maximum Gasteiger partial charge on any atom is 0.410 e. The lowest BCUT2D eigenvalue weighted by Gasteiger charge is -2.39. The van der Waals surface area contributed by atoms with E-state index < -0.39 is 15.6 Å². The van der Waals surface area contributed by atoms with Crippen molar-refractivity contribution in [3.8, 4) is 0 Å².